The number of sulfone groups is 1. The SMILES string of the molecule is CC1(C)CCCC(S(=O)(=O)c2ccccc2Cl)C1N. The molecule has 2 unspecified atom stereocenters. The smallest absolute Gasteiger partial charge is 0.184 e. The van der Waals surface area contributed by atoms with Crippen LogP contribution in [0.4, 0.5) is 0 Å². The van der Waals surface area contributed by atoms with E-state index in [0.717, 1.165) is 12.8 Å². The minimum atomic E-state index is -3.47. The molecule has 0 spiro atoms. The summed E-state index contributed by atoms with van der Waals surface area (Å²) in [6.07, 6.45) is 2.45. The van der Waals surface area contributed by atoms with Crippen molar-refractivity contribution >= 4 is 21.4 Å². The first-order valence-electron chi connectivity index (χ1n) is 6.51. The van der Waals surface area contributed by atoms with Crippen LogP contribution in [-0.4, -0.2) is 19.7 Å². The van der Waals surface area contributed by atoms with Crippen molar-refractivity contribution in [3.05, 3.63) is 29.3 Å². The van der Waals surface area contributed by atoms with Gasteiger partial charge in [-0.25, -0.2) is 8.42 Å². The lowest BCUT2D eigenvalue weighted by molar-refractivity contribution is 0.204. The normalized spacial score (nSPS) is 27.2. The fourth-order valence-electron chi connectivity index (χ4n) is 2.80. The molecule has 2 atom stereocenters. The summed E-state index contributed by atoms with van der Waals surface area (Å²) in [7, 11) is -3.47. The van der Waals surface area contributed by atoms with Crippen molar-refractivity contribution in [1.82, 2.24) is 0 Å². The monoisotopic (exact) mass is 301 g/mol. The van der Waals surface area contributed by atoms with Crippen LogP contribution in [0.25, 0.3) is 0 Å². The Hall–Kier alpha value is -0.580. The molecule has 0 radical (unpaired) electrons. The quantitative estimate of drug-likeness (QED) is 0.913. The van der Waals surface area contributed by atoms with E-state index >= 15 is 0 Å². The van der Waals surface area contributed by atoms with Crippen LogP contribution in [0.2, 0.25) is 5.02 Å². The largest absolute Gasteiger partial charge is 0.326 e. The Morgan fingerprint density at radius 3 is 2.58 bits per heavy atom. The van der Waals surface area contributed by atoms with E-state index in [9.17, 15) is 8.42 Å². The van der Waals surface area contributed by atoms with Crippen molar-refractivity contribution in [3.63, 3.8) is 0 Å². The van der Waals surface area contributed by atoms with Gasteiger partial charge in [-0.15, -0.1) is 0 Å². The molecule has 0 aliphatic heterocycles. The molecule has 1 fully saturated rings. The molecule has 1 aliphatic rings. The van der Waals surface area contributed by atoms with E-state index in [4.69, 9.17) is 17.3 Å². The second-order valence-corrected chi connectivity index (χ2v) is 8.46. The second-order valence-electron chi connectivity index (χ2n) is 5.92. The van der Waals surface area contributed by atoms with Crippen LogP contribution < -0.4 is 5.73 Å². The van der Waals surface area contributed by atoms with E-state index in [-0.39, 0.29) is 21.4 Å². The summed E-state index contributed by atoms with van der Waals surface area (Å²) < 4.78 is 25.5. The maximum absolute atomic E-state index is 12.7. The molecule has 1 aliphatic carbocycles. The topological polar surface area (TPSA) is 60.2 Å². The van der Waals surface area contributed by atoms with Crippen LogP contribution in [0.1, 0.15) is 33.1 Å². The highest BCUT2D eigenvalue weighted by molar-refractivity contribution is 7.92. The number of hydrogen-bond donors (Lipinski definition) is 1. The van der Waals surface area contributed by atoms with E-state index < -0.39 is 15.1 Å². The average Bonchev–Trinajstić information content (AvgIpc) is 2.32. The fourth-order valence-corrected chi connectivity index (χ4v) is 5.42. The zero-order chi connectivity index (χ0) is 14.3. The minimum absolute atomic E-state index is 0.156. The summed E-state index contributed by atoms with van der Waals surface area (Å²) in [6, 6.07) is 6.23. The zero-order valence-electron chi connectivity index (χ0n) is 11.3. The van der Waals surface area contributed by atoms with Crippen molar-refractivity contribution < 1.29 is 8.42 Å². The Morgan fingerprint density at radius 2 is 1.95 bits per heavy atom. The average molecular weight is 302 g/mol. The van der Waals surface area contributed by atoms with Crippen LogP contribution >= 0.6 is 11.6 Å². The molecule has 2 rings (SSSR count). The van der Waals surface area contributed by atoms with E-state index in [0.29, 0.717) is 6.42 Å². The Kier molecular flexibility index (Phi) is 3.96. The Morgan fingerprint density at radius 1 is 1.32 bits per heavy atom. The molecule has 0 amide bonds. The fraction of sp³-hybridized carbons (Fsp3) is 0.571. The minimum Gasteiger partial charge on any atom is -0.326 e. The van der Waals surface area contributed by atoms with Crippen molar-refractivity contribution in [2.45, 2.75) is 49.3 Å². The number of rotatable bonds is 2. The van der Waals surface area contributed by atoms with Gasteiger partial charge in [0, 0.05) is 6.04 Å². The van der Waals surface area contributed by atoms with Crippen molar-refractivity contribution in [1.29, 1.82) is 0 Å². The lowest BCUT2D eigenvalue weighted by atomic mass is 9.73. The lowest BCUT2D eigenvalue weighted by Crippen LogP contribution is -2.52. The molecule has 19 heavy (non-hydrogen) atoms. The van der Waals surface area contributed by atoms with Gasteiger partial charge < -0.3 is 5.73 Å². The van der Waals surface area contributed by atoms with Crippen LogP contribution in [-0.2, 0) is 9.84 Å². The number of nitrogens with two attached hydrogens (primary N) is 1. The van der Waals surface area contributed by atoms with Crippen LogP contribution in [0.5, 0.6) is 0 Å². The Bertz CT molecular complexity index is 569. The highest BCUT2D eigenvalue weighted by Crippen LogP contribution is 2.40. The maximum atomic E-state index is 12.7. The highest BCUT2D eigenvalue weighted by atomic mass is 35.5. The summed E-state index contributed by atoms with van der Waals surface area (Å²) in [5.41, 5.74) is 6.05. The van der Waals surface area contributed by atoms with E-state index in [1.54, 1.807) is 24.3 Å². The Labute approximate surface area is 120 Å². The molecule has 0 aromatic heterocycles. The molecule has 1 aromatic carbocycles. The standard InChI is InChI=1S/C14H20ClNO2S/c1-14(2)9-5-8-12(13(14)16)19(17,18)11-7-4-3-6-10(11)15/h3-4,6-7,12-13H,5,8-9,16H2,1-2H3. The molecular formula is C14H20ClNO2S. The molecule has 0 saturated heterocycles. The number of hydrogen-bond acceptors (Lipinski definition) is 3. The van der Waals surface area contributed by atoms with Gasteiger partial charge in [-0.2, -0.15) is 0 Å². The third kappa shape index (κ3) is 2.67. The van der Waals surface area contributed by atoms with Gasteiger partial charge in [-0.05, 0) is 30.4 Å². The Balaban J connectivity index is 2.43. The van der Waals surface area contributed by atoms with Gasteiger partial charge in [0.2, 0.25) is 0 Å². The molecule has 0 bridgehead atoms. The number of benzene rings is 1. The molecule has 3 nitrogen and oxygen atoms in total. The van der Waals surface area contributed by atoms with Crippen LogP contribution in [0.15, 0.2) is 29.2 Å². The van der Waals surface area contributed by atoms with Gasteiger partial charge in [0.05, 0.1) is 15.2 Å². The molecule has 1 aromatic rings. The second kappa shape index (κ2) is 5.08. The van der Waals surface area contributed by atoms with Crippen molar-refractivity contribution in [2.75, 3.05) is 0 Å². The molecular weight excluding hydrogens is 282 g/mol. The van der Waals surface area contributed by atoms with Gasteiger partial charge in [0.15, 0.2) is 9.84 Å². The van der Waals surface area contributed by atoms with Gasteiger partial charge in [-0.3, -0.25) is 0 Å². The summed E-state index contributed by atoms with van der Waals surface area (Å²) in [5.74, 6) is 0. The first-order chi connectivity index (χ1) is 8.77. The zero-order valence-corrected chi connectivity index (χ0v) is 12.8. The lowest BCUT2D eigenvalue weighted by Gasteiger charge is -2.41. The maximum Gasteiger partial charge on any atom is 0.184 e. The van der Waals surface area contributed by atoms with Gasteiger partial charge in [0.25, 0.3) is 0 Å². The van der Waals surface area contributed by atoms with Crippen LogP contribution in [0.3, 0.4) is 0 Å². The molecule has 0 heterocycles. The molecule has 5 heteroatoms. The van der Waals surface area contributed by atoms with Crippen molar-refractivity contribution in [2.24, 2.45) is 11.1 Å². The summed E-state index contributed by atoms with van der Waals surface area (Å²) >= 11 is 6.03. The molecule has 2 N–H and O–H groups in total. The van der Waals surface area contributed by atoms with E-state index in [1.807, 2.05) is 13.8 Å². The van der Waals surface area contributed by atoms with Gasteiger partial charge in [0.1, 0.15) is 0 Å². The first-order valence-corrected chi connectivity index (χ1v) is 8.43. The van der Waals surface area contributed by atoms with E-state index in [2.05, 4.69) is 0 Å². The first kappa shape index (κ1) is 14.8. The summed E-state index contributed by atoms with van der Waals surface area (Å²) in [5, 5.41) is -0.269. The third-order valence-electron chi connectivity index (χ3n) is 4.15. The third-order valence-corrected chi connectivity index (χ3v) is 6.89. The highest BCUT2D eigenvalue weighted by Gasteiger charge is 2.43. The van der Waals surface area contributed by atoms with Gasteiger partial charge >= 0.3 is 0 Å². The number of halogens is 1. The predicted octanol–water partition coefficient (Wildman–Crippen LogP) is 3.02. The van der Waals surface area contributed by atoms with Crippen LogP contribution in [0, 0.1) is 5.41 Å². The summed E-state index contributed by atoms with van der Waals surface area (Å²) in [4.78, 5) is 0.204. The molecule has 1 saturated carbocycles. The molecule has 106 valence electrons. The summed E-state index contributed by atoms with van der Waals surface area (Å²) in [6.45, 7) is 4.07. The van der Waals surface area contributed by atoms with Gasteiger partial charge in [-0.1, -0.05) is 44.0 Å². The predicted molar refractivity (Wildman–Crippen MR) is 78.0 cm³/mol. The van der Waals surface area contributed by atoms with Crippen molar-refractivity contribution in [3.8, 4) is 0 Å². The van der Waals surface area contributed by atoms with E-state index in [1.165, 1.54) is 0 Å².